The summed E-state index contributed by atoms with van der Waals surface area (Å²) in [5, 5.41) is 11.2. The largest absolute Gasteiger partial charge is 0.507 e. The van der Waals surface area contributed by atoms with E-state index in [2.05, 4.69) is 141 Å². The van der Waals surface area contributed by atoms with Gasteiger partial charge in [-0.3, -0.25) is 4.57 Å². The second-order valence-corrected chi connectivity index (χ2v) is 12.6. The molecule has 0 bridgehead atoms. The first-order chi connectivity index (χ1) is 22.4. The summed E-state index contributed by atoms with van der Waals surface area (Å²) in [4.78, 5) is 5.35. The Kier molecular flexibility index (Phi) is 7.76. The highest BCUT2D eigenvalue weighted by molar-refractivity contribution is 5.97. The van der Waals surface area contributed by atoms with Gasteiger partial charge in [0.2, 0.25) is 0 Å². The van der Waals surface area contributed by atoms with Crippen LogP contribution in [-0.2, 0) is 0 Å². The molecular weight excluding hydrogens is 560 g/mol. The van der Waals surface area contributed by atoms with Crippen molar-refractivity contribution in [2.24, 2.45) is 0 Å². The standard InChI is InChI=1S/C43H38N2O/c1-28(2)30-22-24-33(25-23-30)38-27-34(31-14-7-5-8-15-31)26-37(29(3)4)42(38)45-39-20-13-19-35(32-16-9-6-10-17-32)41(39)44-43(45)36-18-11-12-21-40(36)46/h5-29,46H,1-4H3. The van der Waals surface area contributed by atoms with E-state index in [-0.39, 0.29) is 11.7 Å². The maximum atomic E-state index is 11.2. The number of rotatable bonds is 7. The number of nitrogens with zero attached hydrogens (tertiary/aromatic N) is 2. The van der Waals surface area contributed by atoms with Crippen LogP contribution in [0.15, 0.2) is 140 Å². The van der Waals surface area contributed by atoms with E-state index in [1.165, 1.54) is 22.3 Å². The number of aromatic hydroxyl groups is 1. The van der Waals surface area contributed by atoms with E-state index in [0.717, 1.165) is 39.0 Å². The van der Waals surface area contributed by atoms with Crippen molar-refractivity contribution in [3.8, 4) is 56.2 Å². The van der Waals surface area contributed by atoms with Crippen LogP contribution < -0.4 is 0 Å². The summed E-state index contributed by atoms with van der Waals surface area (Å²) in [6, 6.07) is 48.6. The van der Waals surface area contributed by atoms with Gasteiger partial charge in [-0.05, 0) is 75.5 Å². The zero-order valence-electron chi connectivity index (χ0n) is 26.8. The molecule has 6 aromatic carbocycles. The highest BCUT2D eigenvalue weighted by Gasteiger charge is 2.25. The SMILES string of the molecule is CC(C)c1ccc(-c2cc(-c3ccccc3)cc(C(C)C)c2-n2c(-c3ccccc3O)nc3c(-c4ccccc4)cccc32)cc1. The summed E-state index contributed by atoms with van der Waals surface area (Å²) in [6.45, 7) is 8.97. The van der Waals surface area contributed by atoms with Gasteiger partial charge in [-0.25, -0.2) is 4.98 Å². The molecule has 0 saturated heterocycles. The van der Waals surface area contributed by atoms with Crippen LogP contribution in [0.25, 0.3) is 61.5 Å². The fourth-order valence-electron chi connectivity index (χ4n) is 6.43. The molecule has 0 aliphatic heterocycles. The summed E-state index contributed by atoms with van der Waals surface area (Å²) in [6.07, 6.45) is 0. The normalized spacial score (nSPS) is 11.5. The van der Waals surface area contributed by atoms with E-state index >= 15 is 0 Å². The average molecular weight is 599 g/mol. The molecule has 7 aromatic rings. The number of hydrogen-bond donors (Lipinski definition) is 1. The van der Waals surface area contributed by atoms with Gasteiger partial charge >= 0.3 is 0 Å². The minimum absolute atomic E-state index is 0.204. The van der Waals surface area contributed by atoms with Crippen molar-refractivity contribution in [2.45, 2.75) is 39.5 Å². The molecule has 0 atom stereocenters. The molecule has 1 N–H and O–H groups in total. The topological polar surface area (TPSA) is 38.0 Å². The van der Waals surface area contributed by atoms with E-state index in [0.29, 0.717) is 17.3 Å². The van der Waals surface area contributed by atoms with Crippen LogP contribution in [0, 0.1) is 0 Å². The van der Waals surface area contributed by atoms with Crippen molar-refractivity contribution < 1.29 is 5.11 Å². The molecule has 0 saturated carbocycles. The van der Waals surface area contributed by atoms with Crippen molar-refractivity contribution in [1.82, 2.24) is 9.55 Å². The first kappa shape index (κ1) is 29.3. The smallest absolute Gasteiger partial charge is 0.149 e. The number of benzene rings is 6. The van der Waals surface area contributed by atoms with E-state index in [1.807, 2.05) is 24.3 Å². The predicted octanol–water partition coefficient (Wildman–Crippen LogP) is 11.6. The van der Waals surface area contributed by atoms with Crippen molar-refractivity contribution >= 4 is 11.0 Å². The summed E-state index contributed by atoms with van der Waals surface area (Å²) < 4.78 is 2.28. The van der Waals surface area contributed by atoms with Gasteiger partial charge in [0.25, 0.3) is 0 Å². The lowest BCUT2D eigenvalue weighted by Gasteiger charge is -2.23. The van der Waals surface area contributed by atoms with Crippen LogP contribution in [0.3, 0.4) is 0 Å². The lowest BCUT2D eigenvalue weighted by molar-refractivity contribution is 0.477. The van der Waals surface area contributed by atoms with Gasteiger partial charge in [-0.2, -0.15) is 0 Å². The maximum absolute atomic E-state index is 11.2. The zero-order chi connectivity index (χ0) is 31.8. The number of phenols is 1. The molecule has 0 aliphatic carbocycles. The fraction of sp³-hybridized carbons (Fsp3) is 0.140. The Morgan fingerprint density at radius 2 is 1.13 bits per heavy atom. The molecule has 3 nitrogen and oxygen atoms in total. The Hall–Kier alpha value is -5.41. The zero-order valence-corrected chi connectivity index (χ0v) is 26.8. The minimum Gasteiger partial charge on any atom is -0.507 e. The molecule has 0 radical (unpaired) electrons. The number of phenolic OH excluding ortho intramolecular Hbond substituents is 1. The van der Waals surface area contributed by atoms with Gasteiger partial charge in [0.05, 0.1) is 22.3 Å². The molecule has 1 aromatic heterocycles. The van der Waals surface area contributed by atoms with Gasteiger partial charge in [0.15, 0.2) is 0 Å². The molecule has 0 unspecified atom stereocenters. The van der Waals surface area contributed by atoms with Crippen LogP contribution in [0.2, 0.25) is 0 Å². The van der Waals surface area contributed by atoms with Gasteiger partial charge in [0.1, 0.15) is 11.6 Å². The number of para-hydroxylation sites is 2. The van der Waals surface area contributed by atoms with Crippen LogP contribution in [0.5, 0.6) is 5.75 Å². The summed E-state index contributed by atoms with van der Waals surface area (Å²) in [5.74, 6) is 1.57. The molecule has 0 spiro atoms. The van der Waals surface area contributed by atoms with Crippen LogP contribution >= 0.6 is 0 Å². The van der Waals surface area contributed by atoms with Crippen molar-refractivity contribution in [3.05, 3.63) is 151 Å². The summed E-state index contributed by atoms with van der Waals surface area (Å²) in [5.41, 5.74) is 13.0. The van der Waals surface area contributed by atoms with E-state index in [9.17, 15) is 5.11 Å². The molecule has 0 fully saturated rings. The molecular formula is C43H38N2O. The molecule has 0 aliphatic rings. The Labute approximate surface area is 271 Å². The molecule has 7 rings (SSSR count). The number of hydrogen-bond acceptors (Lipinski definition) is 2. The third kappa shape index (κ3) is 5.28. The maximum Gasteiger partial charge on any atom is 0.149 e. The number of imidazole rings is 1. The van der Waals surface area contributed by atoms with Gasteiger partial charge in [-0.15, -0.1) is 0 Å². The van der Waals surface area contributed by atoms with Crippen LogP contribution in [-0.4, -0.2) is 14.7 Å². The number of aromatic nitrogens is 2. The summed E-state index contributed by atoms with van der Waals surface area (Å²) >= 11 is 0. The Bertz CT molecular complexity index is 2140. The molecule has 226 valence electrons. The van der Waals surface area contributed by atoms with Gasteiger partial charge in [0, 0.05) is 11.1 Å². The first-order valence-corrected chi connectivity index (χ1v) is 16.1. The second-order valence-electron chi connectivity index (χ2n) is 12.6. The summed E-state index contributed by atoms with van der Waals surface area (Å²) in [7, 11) is 0. The monoisotopic (exact) mass is 598 g/mol. The van der Waals surface area contributed by atoms with Crippen molar-refractivity contribution in [3.63, 3.8) is 0 Å². The Balaban J connectivity index is 1.62. The third-order valence-electron chi connectivity index (χ3n) is 8.90. The first-order valence-electron chi connectivity index (χ1n) is 16.1. The molecule has 0 amide bonds. The van der Waals surface area contributed by atoms with E-state index in [1.54, 1.807) is 6.07 Å². The third-order valence-corrected chi connectivity index (χ3v) is 8.90. The fourth-order valence-corrected chi connectivity index (χ4v) is 6.43. The lowest BCUT2D eigenvalue weighted by atomic mass is 9.88. The lowest BCUT2D eigenvalue weighted by Crippen LogP contribution is -2.07. The Morgan fingerprint density at radius 3 is 1.78 bits per heavy atom. The molecule has 46 heavy (non-hydrogen) atoms. The average Bonchev–Trinajstić information content (AvgIpc) is 3.48. The Morgan fingerprint density at radius 1 is 0.522 bits per heavy atom. The highest BCUT2D eigenvalue weighted by Crippen LogP contribution is 2.44. The highest BCUT2D eigenvalue weighted by atomic mass is 16.3. The number of fused-ring (bicyclic) bond motifs is 1. The van der Waals surface area contributed by atoms with Crippen molar-refractivity contribution in [2.75, 3.05) is 0 Å². The molecule has 1 heterocycles. The van der Waals surface area contributed by atoms with E-state index in [4.69, 9.17) is 4.98 Å². The molecule has 3 heteroatoms. The predicted molar refractivity (Wildman–Crippen MR) is 193 cm³/mol. The van der Waals surface area contributed by atoms with Crippen LogP contribution in [0.4, 0.5) is 0 Å². The van der Waals surface area contributed by atoms with Gasteiger partial charge in [-0.1, -0.05) is 137 Å². The second kappa shape index (κ2) is 12.2. The van der Waals surface area contributed by atoms with Crippen LogP contribution in [0.1, 0.15) is 50.7 Å². The van der Waals surface area contributed by atoms with Gasteiger partial charge < -0.3 is 5.11 Å². The van der Waals surface area contributed by atoms with Crippen molar-refractivity contribution in [1.29, 1.82) is 0 Å². The quantitative estimate of drug-likeness (QED) is 0.198. The minimum atomic E-state index is 0.204. The van der Waals surface area contributed by atoms with E-state index < -0.39 is 0 Å².